The number of rotatable bonds is 7. The van der Waals surface area contributed by atoms with E-state index in [0.29, 0.717) is 19.4 Å². The molecule has 2 N–H and O–H groups in total. The topological polar surface area (TPSA) is 105 Å². The number of cyclic esters (lactones) is 1. The van der Waals surface area contributed by atoms with E-state index in [1.165, 1.54) is 0 Å². The fourth-order valence-electron chi connectivity index (χ4n) is 5.02. The molecule has 1 aliphatic heterocycles. The molecular formula is C31H38N4O4. The van der Waals surface area contributed by atoms with E-state index in [9.17, 15) is 14.7 Å². The molecule has 0 radical (unpaired) electrons. The van der Waals surface area contributed by atoms with Gasteiger partial charge in [0.25, 0.3) is 5.91 Å². The maximum atomic E-state index is 13.3. The Bertz CT molecular complexity index is 1300. The van der Waals surface area contributed by atoms with Crippen LogP contribution in [0.2, 0.25) is 0 Å². The summed E-state index contributed by atoms with van der Waals surface area (Å²) in [6.45, 7) is 11.7. The molecule has 2 aromatic carbocycles. The molecule has 8 heteroatoms. The van der Waals surface area contributed by atoms with Crippen LogP contribution in [0.1, 0.15) is 82.2 Å². The summed E-state index contributed by atoms with van der Waals surface area (Å²) < 4.78 is 6.12. The lowest BCUT2D eigenvalue weighted by Gasteiger charge is -2.45. The molecular weight excluding hydrogens is 492 g/mol. The number of carbonyl (C=O) groups excluding carboxylic acids is 2. The summed E-state index contributed by atoms with van der Waals surface area (Å²) in [6, 6.07) is 17.3. The molecule has 206 valence electrons. The number of aromatic nitrogens is 2. The molecule has 2 heterocycles. The Kier molecular flexibility index (Phi) is 7.80. The van der Waals surface area contributed by atoms with Crippen LogP contribution in [0.15, 0.2) is 67.0 Å². The number of amides is 2. The second-order valence-electron chi connectivity index (χ2n) is 12.0. The summed E-state index contributed by atoms with van der Waals surface area (Å²) in [5, 5.41) is 13.5. The average Bonchev–Trinajstić information content (AvgIpc) is 2.87. The summed E-state index contributed by atoms with van der Waals surface area (Å²) in [5.41, 5.74) is 1.30. The number of hydrogen-bond donors (Lipinski definition) is 2. The van der Waals surface area contributed by atoms with Crippen molar-refractivity contribution in [3.63, 3.8) is 0 Å². The number of aliphatic hydroxyl groups is 1. The van der Waals surface area contributed by atoms with Gasteiger partial charge in [-0.2, -0.15) is 0 Å². The summed E-state index contributed by atoms with van der Waals surface area (Å²) in [4.78, 5) is 35.8. The first kappa shape index (κ1) is 28.2. The largest absolute Gasteiger partial charge is 0.438 e. The van der Waals surface area contributed by atoms with Crippen molar-refractivity contribution in [2.24, 2.45) is 0 Å². The first-order valence-electron chi connectivity index (χ1n) is 13.3. The lowest BCUT2D eigenvalue weighted by Crippen LogP contribution is -2.51. The van der Waals surface area contributed by atoms with Crippen LogP contribution in [-0.4, -0.2) is 49.7 Å². The van der Waals surface area contributed by atoms with Gasteiger partial charge in [-0.25, -0.2) is 14.8 Å². The molecule has 2 amide bonds. The Morgan fingerprint density at radius 1 is 1.03 bits per heavy atom. The van der Waals surface area contributed by atoms with Crippen molar-refractivity contribution in [1.82, 2.24) is 20.2 Å². The highest BCUT2D eigenvalue weighted by Gasteiger charge is 2.46. The van der Waals surface area contributed by atoms with Crippen LogP contribution in [0.3, 0.4) is 0 Å². The number of benzene rings is 2. The second kappa shape index (κ2) is 10.8. The van der Waals surface area contributed by atoms with Gasteiger partial charge >= 0.3 is 6.09 Å². The van der Waals surface area contributed by atoms with E-state index in [-0.39, 0.29) is 23.3 Å². The third-order valence-corrected chi connectivity index (χ3v) is 6.83. The van der Waals surface area contributed by atoms with Gasteiger partial charge in [0, 0.05) is 42.9 Å². The monoisotopic (exact) mass is 530 g/mol. The minimum Gasteiger partial charge on any atom is -0.438 e. The summed E-state index contributed by atoms with van der Waals surface area (Å²) in [7, 11) is 0. The number of hydrogen-bond acceptors (Lipinski definition) is 6. The van der Waals surface area contributed by atoms with Crippen LogP contribution >= 0.6 is 0 Å². The van der Waals surface area contributed by atoms with Gasteiger partial charge < -0.3 is 20.1 Å². The van der Waals surface area contributed by atoms with Crippen LogP contribution in [0.4, 0.5) is 4.79 Å². The van der Waals surface area contributed by atoms with Gasteiger partial charge in [-0.05, 0) is 58.2 Å². The van der Waals surface area contributed by atoms with Gasteiger partial charge in [0.2, 0.25) is 5.82 Å². The fourth-order valence-corrected chi connectivity index (χ4v) is 5.02. The summed E-state index contributed by atoms with van der Waals surface area (Å²) in [6.07, 6.45) is 3.75. The third kappa shape index (κ3) is 6.81. The van der Waals surface area contributed by atoms with Gasteiger partial charge in [-0.1, -0.05) is 54.6 Å². The molecule has 4 rings (SSSR count). The van der Waals surface area contributed by atoms with Crippen molar-refractivity contribution in [2.75, 3.05) is 6.54 Å². The van der Waals surface area contributed by atoms with E-state index in [1.54, 1.807) is 31.1 Å². The van der Waals surface area contributed by atoms with Gasteiger partial charge in [0.05, 0.1) is 11.6 Å². The van der Waals surface area contributed by atoms with E-state index >= 15 is 0 Å². The smallest absolute Gasteiger partial charge is 0.411 e. The highest BCUT2D eigenvalue weighted by atomic mass is 16.6. The molecule has 39 heavy (non-hydrogen) atoms. The van der Waals surface area contributed by atoms with Gasteiger partial charge in [0.1, 0.15) is 5.60 Å². The molecule has 0 spiro atoms. The minimum atomic E-state index is -1.00. The van der Waals surface area contributed by atoms with E-state index < -0.39 is 17.3 Å². The zero-order chi connectivity index (χ0) is 28.4. The van der Waals surface area contributed by atoms with Crippen LogP contribution in [0.25, 0.3) is 11.1 Å². The predicted molar refractivity (Wildman–Crippen MR) is 150 cm³/mol. The lowest BCUT2D eigenvalue weighted by atomic mass is 9.80. The van der Waals surface area contributed by atoms with Crippen molar-refractivity contribution >= 4 is 12.0 Å². The van der Waals surface area contributed by atoms with Crippen molar-refractivity contribution in [1.29, 1.82) is 0 Å². The van der Waals surface area contributed by atoms with Crippen LogP contribution in [0.5, 0.6) is 0 Å². The first-order chi connectivity index (χ1) is 18.3. The fraction of sp³-hybridized carbons (Fsp3) is 0.419. The zero-order valence-electron chi connectivity index (χ0n) is 23.6. The minimum absolute atomic E-state index is 0.124. The Morgan fingerprint density at radius 3 is 2.18 bits per heavy atom. The molecule has 8 nitrogen and oxygen atoms in total. The Morgan fingerprint density at radius 2 is 1.64 bits per heavy atom. The van der Waals surface area contributed by atoms with Gasteiger partial charge in [0.15, 0.2) is 0 Å². The van der Waals surface area contributed by atoms with E-state index in [4.69, 9.17) is 4.74 Å². The maximum Gasteiger partial charge on any atom is 0.411 e. The van der Waals surface area contributed by atoms with E-state index in [0.717, 1.165) is 22.3 Å². The SMILES string of the molecule is CC(c1ccc(-c2cnc(C(=O)NC(C)(C)C)nc2)cc1)N1CCC(CC(C)(C)O)(c2ccccc2)OC1=O. The predicted octanol–water partition coefficient (Wildman–Crippen LogP) is 5.63. The quantitative estimate of drug-likeness (QED) is 0.410. The molecule has 0 saturated carbocycles. The Hall–Kier alpha value is -3.78. The van der Waals surface area contributed by atoms with Crippen LogP contribution < -0.4 is 5.32 Å². The van der Waals surface area contributed by atoms with Gasteiger partial charge in [-0.15, -0.1) is 0 Å². The van der Waals surface area contributed by atoms with Crippen molar-refractivity contribution < 1.29 is 19.4 Å². The zero-order valence-corrected chi connectivity index (χ0v) is 23.6. The van der Waals surface area contributed by atoms with E-state index in [2.05, 4.69) is 15.3 Å². The average molecular weight is 531 g/mol. The molecule has 1 aromatic heterocycles. The number of carbonyl (C=O) groups is 2. The normalized spacial score (nSPS) is 18.8. The van der Waals surface area contributed by atoms with Crippen LogP contribution in [-0.2, 0) is 10.3 Å². The molecule has 2 atom stereocenters. The highest BCUT2D eigenvalue weighted by molar-refractivity contribution is 5.91. The molecule has 1 aliphatic rings. The standard InChI is InChI=1S/C31H38N4O4/c1-21(35-17-16-31(39-28(35)37,20-30(5,6)38)25-10-8-7-9-11-25)22-12-14-23(15-13-22)24-18-32-26(33-19-24)27(36)34-29(2,3)4/h7-15,18-19,21,38H,16-17,20H2,1-6H3,(H,34,36). The van der Waals surface area contributed by atoms with Crippen LogP contribution in [0, 0.1) is 0 Å². The molecule has 1 fully saturated rings. The molecule has 3 aromatic rings. The van der Waals surface area contributed by atoms with Crippen molar-refractivity contribution in [2.45, 2.75) is 77.2 Å². The third-order valence-electron chi connectivity index (χ3n) is 6.83. The summed E-state index contributed by atoms with van der Waals surface area (Å²) >= 11 is 0. The van der Waals surface area contributed by atoms with Gasteiger partial charge in [-0.3, -0.25) is 4.79 Å². The van der Waals surface area contributed by atoms with Crippen molar-refractivity contribution in [3.8, 4) is 11.1 Å². The maximum absolute atomic E-state index is 13.3. The van der Waals surface area contributed by atoms with Crippen molar-refractivity contribution in [3.05, 3.63) is 83.9 Å². The lowest BCUT2D eigenvalue weighted by molar-refractivity contribution is -0.101. The van der Waals surface area contributed by atoms with E-state index in [1.807, 2.05) is 82.3 Å². The second-order valence-corrected chi connectivity index (χ2v) is 12.0. The highest BCUT2D eigenvalue weighted by Crippen LogP contribution is 2.42. The molecule has 1 saturated heterocycles. The number of ether oxygens (including phenoxy) is 1. The molecule has 0 aliphatic carbocycles. The first-order valence-corrected chi connectivity index (χ1v) is 13.3. The Labute approximate surface area is 230 Å². The Balaban J connectivity index is 1.47. The number of nitrogens with one attached hydrogen (secondary N) is 1. The molecule has 2 unspecified atom stereocenters. The molecule has 0 bridgehead atoms. The summed E-state index contributed by atoms with van der Waals surface area (Å²) in [5.74, 6) is -0.191. The number of nitrogens with zero attached hydrogens (tertiary/aromatic N) is 3.